The maximum Gasteiger partial charge on any atom is 0.240 e. The lowest BCUT2D eigenvalue weighted by Gasteiger charge is -2.32. The van der Waals surface area contributed by atoms with Gasteiger partial charge in [-0.15, -0.1) is 11.6 Å². The van der Waals surface area contributed by atoms with Gasteiger partial charge in [-0.25, -0.2) is 0 Å². The average molecular weight is 234 g/mol. The highest BCUT2D eigenvalue weighted by molar-refractivity contribution is 6.30. The van der Waals surface area contributed by atoms with Crippen molar-refractivity contribution in [1.82, 2.24) is 4.90 Å². The molecule has 4 heteroatoms. The van der Waals surface area contributed by atoms with Crippen LogP contribution in [0.4, 0.5) is 0 Å². The van der Waals surface area contributed by atoms with Crippen molar-refractivity contribution in [3.8, 4) is 0 Å². The molecule has 0 spiro atoms. The summed E-state index contributed by atoms with van der Waals surface area (Å²) in [6, 6.07) is 0. The number of nitrogens with zero attached hydrogens (tertiary/aromatic N) is 1. The summed E-state index contributed by atoms with van der Waals surface area (Å²) in [4.78, 5) is 13.6. The molecule has 0 aromatic heterocycles. The van der Waals surface area contributed by atoms with Gasteiger partial charge in [-0.3, -0.25) is 4.79 Å². The van der Waals surface area contributed by atoms with Crippen molar-refractivity contribution in [2.75, 3.05) is 19.7 Å². The molecule has 1 aliphatic heterocycles. The average Bonchev–Trinajstić information content (AvgIpc) is 2.28. The van der Waals surface area contributed by atoms with E-state index in [2.05, 4.69) is 0 Å². The first-order chi connectivity index (χ1) is 7.19. The summed E-state index contributed by atoms with van der Waals surface area (Å²) >= 11 is 5.92. The molecule has 0 radical (unpaired) electrons. The van der Waals surface area contributed by atoms with Gasteiger partial charge in [0.1, 0.15) is 5.38 Å². The first kappa shape index (κ1) is 12.8. The van der Waals surface area contributed by atoms with E-state index in [0.717, 1.165) is 32.4 Å². The third-order valence-corrected chi connectivity index (χ3v) is 3.59. The number of amides is 1. The van der Waals surface area contributed by atoms with Gasteiger partial charge in [-0.2, -0.15) is 0 Å². The number of alkyl halides is 1. The van der Waals surface area contributed by atoms with Crippen LogP contribution >= 0.6 is 11.6 Å². The van der Waals surface area contributed by atoms with Gasteiger partial charge in [-0.05, 0) is 31.6 Å². The zero-order valence-corrected chi connectivity index (χ0v) is 10.0. The summed E-state index contributed by atoms with van der Waals surface area (Å²) in [5.41, 5.74) is 0. The third kappa shape index (κ3) is 3.65. The van der Waals surface area contributed by atoms with Gasteiger partial charge in [0, 0.05) is 19.7 Å². The molecule has 0 aliphatic carbocycles. The smallest absolute Gasteiger partial charge is 0.240 e. The van der Waals surface area contributed by atoms with Crippen LogP contribution in [0.3, 0.4) is 0 Å². The normalized spacial score (nSPS) is 20.3. The zero-order chi connectivity index (χ0) is 11.3. The van der Waals surface area contributed by atoms with Crippen LogP contribution in [0.2, 0.25) is 0 Å². The molecule has 0 bridgehead atoms. The topological polar surface area (TPSA) is 40.5 Å². The third-order valence-electron chi connectivity index (χ3n) is 3.09. The number of aliphatic hydroxyl groups excluding tert-OH is 1. The van der Waals surface area contributed by atoms with Crippen LogP contribution in [0.5, 0.6) is 0 Å². The van der Waals surface area contributed by atoms with Crippen molar-refractivity contribution in [1.29, 1.82) is 0 Å². The van der Waals surface area contributed by atoms with Gasteiger partial charge < -0.3 is 10.0 Å². The fourth-order valence-corrected chi connectivity index (χ4v) is 2.14. The molecule has 1 heterocycles. The summed E-state index contributed by atoms with van der Waals surface area (Å²) in [5, 5.41) is 8.46. The molecule has 0 saturated carbocycles. The highest BCUT2D eigenvalue weighted by Crippen LogP contribution is 2.21. The molecule has 1 saturated heterocycles. The molecule has 88 valence electrons. The standard InChI is InChI=1S/C11H20ClNO2/c1-2-10(12)11(15)13-6-3-9(4-7-13)5-8-14/h9-10,14H,2-8H2,1H3/t10-/m1/s1. The SMILES string of the molecule is CC[C@@H](Cl)C(=O)N1CCC(CCO)CC1. The predicted molar refractivity (Wildman–Crippen MR) is 60.9 cm³/mol. The van der Waals surface area contributed by atoms with E-state index in [1.165, 1.54) is 0 Å². The number of hydrogen-bond acceptors (Lipinski definition) is 2. The first-order valence-electron chi connectivity index (χ1n) is 5.72. The predicted octanol–water partition coefficient (Wildman–Crippen LogP) is 1.62. The van der Waals surface area contributed by atoms with Gasteiger partial charge in [0.2, 0.25) is 5.91 Å². The van der Waals surface area contributed by atoms with Crippen molar-refractivity contribution in [3.05, 3.63) is 0 Å². The van der Waals surface area contributed by atoms with Crippen molar-refractivity contribution in [3.63, 3.8) is 0 Å². The minimum Gasteiger partial charge on any atom is -0.396 e. The Morgan fingerprint density at radius 2 is 2.13 bits per heavy atom. The second-order valence-electron chi connectivity index (χ2n) is 4.16. The Hall–Kier alpha value is -0.280. The number of hydrogen-bond donors (Lipinski definition) is 1. The van der Waals surface area contributed by atoms with E-state index in [0.29, 0.717) is 12.3 Å². The molecule has 1 amide bonds. The lowest BCUT2D eigenvalue weighted by molar-refractivity contribution is -0.132. The van der Waals surface area contributed by atoms with E-state index in [9.17, 15) is 4.79 Å². The second-order valence-corrected chi connectivity index (χ2v) is 4.68. The number of carbonyl (C=O) groups is 1. The summed E-state index contributed by atoms with van der Waals surface area (Å²) in [5.74, 6) is 0.649. The van der Waals surface area contributed by atoms with Crippen LogP contribution in [-0.4, -0.2) is 41.0 Å². The molecule has 1 aliphatic rings. The molecule has 1 rings (SSSR count). The number of rotatable bonds is 4. The lowest BCUT2D eigenvalue weighted by Crippen LogP contribution is -2.42. The lowest BCUT2D eigenvalue weighted by atomic mass is 9.94. The van der Waals surface area contributed by atoms with Crippen molar-refractivity contribution in [2.24, 2.45) is 5.92 Å². The number of halogens is 1. The first-order valence-corrected chi connectivity index (χ1v) is 6.16. The van der Waals surface area contributed by atoms with Crippen LogP contribution < -0.4 is 0 Å². The molecule has 0 aromatic carbocycles. The summed E-state index contributed by atoms with van der Waals surface area (Å²) < 4.78 is 0. The maximum atomic E-state index is 11.7. The Balaban J connectivity index is 2.33. The second kappa shape index (κ2) is 6.33. The summed E-state index contributed by atoms with van der Waals surface area (Å²) in [7, 11) is 0. The Morgan fingerprint density at radius 1 is 1.53 bits per heavy atom. The molecule has 3 nitrogen and oxygen atoms in total. The maximum absolute atomic E-state index is 11.7. The minimum atomic E-state index is -0.362. The van der Waals surface area contributed by atoms with Crippen molar-refractivity contribution in [2.45, 2.75) is 38.0 Å². The van der Waals surface area contributed by atoms with Crippen LogP contribution in [0.25, 0.3) is 0 Å². The molecule has 15 heavy (non-hydrogen) atoms. The van der Waals surface area contributed by atoms with Crippen LogP contribution in [-0.2, 0) is 4.79 Å². The van der Waals surface area contributed by atoms with E-state index in [1.54, 1.807) is 0 Å². The van der Waals surface area contributed by atoms with E-state index in [-0.39, 0.29) is 17.9 Å². The van der Waals surface area contributed by atoms with Crippen molar-refractivity contribution >= 4 is 17.5 Å². The highest BCUT2D eigenvalue weighted by Gasteiger charge is 2.25. The van der Waals surface area contributed by atoms with E-state index in [4.69, 9.17) is 16.7 Å². The van der Waals surface area contributed by atoms with Gasteiger partial charge in [0.05, 0.1) is 0 Å². The number of carbonyl (C=O) groups excluding carboxylic acids is 1. The van der Waals surface area contributed by atoms with Gasteiger partial charge in [-0.1, -0.05) is 6.92 Å². The quantitative estimate of drug-likeness (QED) is 0.750. The molecule has 1 N–H and O–H groups in total. The van der Waals surface area contributed by atoms with Gasteiger partial charge >= 0.3 is 0 Å². The molecule has 0 aromatic rings. The van der Waals surface area contributed by atoms with Crippen LogP contribution in [0.15, 0.2) is 0 Å². The Bertz CT molecular complexity index is 203. The minimum absolute atomic E-state index is 0.0709. The van der Waals surface area contributed by atoms with Gasteiger partial charge in [0.15, 0.2) is 0 Å². The molecular weight excluding hydrogens is 214 g/mol. The monoisotopic (exact) mass is 233 g/mol. The fraction of sp³-hybridized carbons (Fsp3) is 0.909. The molecule has 1 fully saturated rings. The Kier molecular flexibility index (Phi) is 5.40. The zero-order valence-electron chi connectivity index (χ0n) is 9.29. The number of piperidine rings is 1. The largest absolute Gasteiger partial charge is 0.396 e. The summed E-state index contributed by atoms with van der Waals surface area (Å²) in [6.45, 7) is 3.78. The van der Waals surface area contributed by atoms with E-state index >= 15 is 0 Å². The van der Waals surface area contributed by atoms with Crippen LogP contribution in [0, 0.1) is 5.92 Å². The Labute approximate surface area is 96.4 Å². The summed E-state index contributed by atoms with van der Waals surface area (Å²) in [6.07, 6.45) is 3.55. The fourth-order valence-electron chi connectivity index (χ4n) is 2.00. The number of aliphatic hydroxyl groups is 1. The van der Waals surface area contributed by atoms with E-state index < -0.39 is 0 Å². The molecule has 1 atom stereocenters. The van der Waals surface area contributed by atoms with Crippen molar-refractivity contribution < 1.29 is 9.90 Å². The van der Waals surface area contributed by atoms with E-state index in [1.807, 2.05) is 11.8 Å². The highest BCUT2D eigenvalue weighted by atomic mass is 35.5. The Morgan fingerprint density at radius 3 is 2.60 bits per heavy atom. The van der Waals surface area contributed by atoms with Gasteiger partial charge in [0.25, 0.3) is 0 Å². The van der Waals surface area contributed by atoms with Crippen LogP contribution in [0.1, 0.15) is 32.6 Å². The molecular formula is C11H20ClNO2. The molecule has 0 unspecified atom stereocenters. The number of likely N-dealkylation sites (tertiary alicyclic amines) is 1.